The van der Waals surface area contributed by atoms with Crippen molar-refractivity contribution < 1.29 is 28.8 Å². The zero-order chi connectivity index (χ0) is 43.5. The van der Waals surface area contributed by atoms with Gasteiger partial charge in [-0.25, -0.2) is 9.78 Å². The van der Waals surface area contributed by atoms with Crippen molar-refractivity contribution in [1.82, 2.24) is 40.7 Å². The number of fused-ring (bicyclic) bond motifs is 1. The third-order valence-corrected chi connectivity index (χ3v) is 10.7. The number of urea groups is 1. The van der Waals surface area contributed by atoms with E-state index < -0.39 is 47.3 Å². The van der Waals surface area contributed by atoms with Gasteiger partial charge in [0.1, 0.15) is 29.5 Å². The van der Waals surface area contributed by atoms with Gasteiger partial charge in [-0.1, -0.05) is 33.8 Å². The topological polar surface area (TPSA) is 202 Å². The molecule has 3 atom stereocenters. The van der Waals surface area contributed by atoms with Crippen molar-refractivity contribution in [2.75, 3.05) is 42.8 Å². The van der Waals surface area contributed by atoms with Crippen molar-refractivity contribution >= 4 is 58.7 Å². The maximum Gasteiger partial charge on any atom is 0.330 e. The van der Waals surface area contributed by atoms with Crippen LogP contribution >= 0.6 is 0 Å². The Morgan fingerprint density at radius 3 is 2.24 bits per heavy atom. The number of carbonyl (C=O) groups is 6. The van der Waals surface area contributed by atoms with Gasteiger partial charge in [-0.15, -0.1) is 0 Å². The number of nitrogens with one attached hydrogen (secondary N) is 4. The number of amides is 7. The second kappa shape index (κ2) is 17.8. The minimum atomic E-state index is -1.40. The molecular weight excluding hydrogens is 755 g/mol. The number of aryl methyl sites for hydroxylation is 2. The average Bonchev–Trinajstić information content (AvgIpc) is 3.68. The van der Waals surface area contributed by atoms with E-state index in [1.165, 1.54) is 14.7 Å². The second-order valence-corrected chi connectivity index (χ2v) is 16.7. The Morgan fingerprint density at radius 2 is 1.61 bits per heavy atom. The van der Waals surface area contributed by atoms with Crippen LogP contribution in [-0.4, -0.2) is 112 Å². The molecule has 2 aliphatic rings. The zero-order valence-electron chi connectivity index (χ0n) is 35.8. The fraction of sp³-hybridized carbons (Fsp3) is 0.500. The first-order valence-corrected chi connectivity index (χ1v) is 19.9. The summed E-state index contributed by atoms with van der Waals surface area (Å²) in [7, 11) is 4.85. The van der Waals surface area contributed by atoms with Gasteiger partial charge < -0.3 is 31.1 Å². The highest BCUT2D eigenvalue weighted by atomic mass is 16.2. The van der Waals surface area contributed by atoms with E-state index in [4.69, 9.17) is 0 Å². The van der Waals surface area contributed by atoms with Gasteiger partial charge in [0.15, 0.2) is 0 Å². The molecule has 2 aliphatic heterocycles. The van der Waals surface area contributed by atoms with Gasteiger partial charge in [0.2, 0.25) is 29.6 Å². The van der Waals surface area contributed by atoms with Crippen LogP contribution in [0.15, 0.2) is 42.7 Å². The quantitative estimate of drug-likeness (QED) is 0.197. The molecule has 0 saturated carbocycles. The molecule has 2 aromatic heterocycles. The maximum absolute atomic E-state index is 14.2. The summed E-state index contributed by atoms with van der Waals surface area (Å²) in [5, 5.41) is 11.6. The van der Waals surface area contributed by atoms with Crippen molar-refractivity contribution in [3.63, 3.8) is 0 Å². The van der Waals surface area contributed by atoms with Gasteiger partial charge in [-0.05, 0) is 82.2 Å². The van der Waals surface area contributed by atoms with Crippen LogP contribution in [0.2, 0.25) is 0 Å². The van der Waals surface area contributed by atoms with Crippen molar-refractivity contribution in [2.24, 2.45) is 11.8 Å². The average molecular weight is 812 g/mol. The van der Waals surface area contributed by atoms with E-state index in [2.05, 4.69) is 36.2 Å². The molecule has 17 nitrogen and oxygen atoms in total. The largest absolute Gasteiger partial charge is 0.347 e. The summed E-state index contributed by atoms with van der Waals surface area (Å²) in [6.45, 7) is 14.5. The van der Waals surface area contributed by atoms with Crippen LogP contribution in [0.3, 0.4) is 0 Å². The van der Waals surface area contributed by atoms with Gasteiger partial charge in [-0.3, -0.25) is 38.8 Å². The van der Waals surface area contributed by atoms with E-state index in [0.717, 1.165) is 11.3 Å². The third kappa shape index (κ3) is 9.78. The molecule has 59 heavy (non-hydrogen) atoms. The maximum atomic E-state index is 14.2. The first-order chi connectivity index (χ1) is 27.7. The van der Waals surface area contributed by atoms with E-state index in [9.17, 15) is 28.8 Å². The fourth-order valence-electron chi connectivity index (χ4n) is 7.05. The number of nitrogens with zero attached hydrogens (tertiary/aromatic N) is 7. The van der Waals surface area contributed by atoms with Crippen LogP contribution in [0, 0.1) is 25.7 Å². The lowest BCUT2D eigenvalue weighted by molar-refractivity contribution is -0.143. The predicted octanol–water partition coefficient (Wildman–Crippen LogP) is 3.68. The number of benzene rings is 1. The Morgan fingerprint density at radius 1 is 0.915 bits per heavy atom. The van der Waals surface area contributed by atoms with E-state index >= 15 is 0 Å². The van der Waals surface area contributed by atoms with Crippen molar-refractivity contribution in [3.8, 4) is 0 Å². The van der Waals surface area contributed by atoms with Crippen molar-refractivity contribution in [3.05, 3.63) is 65.1 Å². The number of anilines is 4. The van der Waals surface area contributed by atoms with Crippen LogP contribution in [0.5, 0.6) is 0 Å². The van der Waals surface area contributed by atoms with Gasteiger partial charge in [0, 0.05) is 56.4 Å². The summed E-state index contributed by atoms with van der Waals surface area (Å²) in [5.74, 6) is -2.03. The lowest BCUT2D eigenvalue weighted by Gasteiger charge is -2.35. The number of aromatic nitrogens is 3. The monoisotopic (exact) mass is 811 g/mol. The molecule has 0 bridgehead atoms. The highest BCUT2D eigenvalue weighted by molar-refractivity contribution is 6.07. The number of hydrogen-bond acceptors (Lipinski definition) is 10. The van der Waals surface area contributed by atoms with E-state index in [1.807, 2.05) is 53.7 Å². The predicted molar refractivity (Wildman–Crippen MR) is 224 cm³/mol. The molecule has 3 aromatic rings. The minimum Gasteiger partial charge on any atom is -0.347 e. The summed E-state index contributed by atoms with van der Waals surface area (Å²) in [4.78, 5) is 101. The lowest BCUT2D eigenvalue weighted by Crippen LogP contribution is -2.62. The number of pyridine rings is 1. The Hall–Kier alpha value is -6.13. The zero-order valence-corrected chi connectivity index (χ0v) is 35.8. The molecule has 4 N–H and O–H groups in total. The molecule has 5 rings (SSSR count). The van der Waals surface area contributed by atoms with Crippen LogP contribution < -0.4 is 31.1 Å². The Bertz CT molecular complexity index is 2100. The van der Waals surface area contributed by atoms with Gasteiger partial charge in [-0.2, -0.15) is 4.98 Å². The summed E-state index contributed by atoms with van der Waals surface area (Å²) in [6, 6.07) is 5.75. The SMILES string of the molecule is Cc1ccc(Nc2ncc3c(n2)N(C)C(=O)N(c2cc(C(=O)NC(C(=O)N4CCC[C@@H]4C(=O)NC(C)(C)C(=O)NC(C(=O)N(C)C)C(C)C)C(C)C)ccc2C)C3)cn1. The molecule has 17 heteroatoms. The number of likely N-dealkylation sites (tertiary alicyclic amines) is 1. The third-order valence-electron chi connectivity index (χ3n) is 10.7. The molecule has 316 valence electrons. The summed E-state index contributed by atoms with van der Waals surface area (Å²) >= 11 is 0. The van der Waals surface area contributed by atoms with Crippen LogP contribution in [0.25, 0.3) is 0 Å². The molecule has 0 aliphatic carbocycles. The van der Waals surface area contributed by atoms with E-state index in [-0.39, 0.29) is 35.9 Å². The Kier molecular flexibility index (Phi) is 13.3. The Balaban J connectivity index is 1.28. The fourth-order valence-corrected chi connectivity index (χ4v) is 7.05. The first kappa shape index (κ1) is 44.0. The second-order valence-electron chi connectivity index (χ2n) is 16.7. The van der Waals surface area contributed by atoms with Crippen LogP contribution in [0.1, 0.15) is 81.6 Å². The highest BCUT2D eigenvalue weighted by Crippen LogP contribution is 2.33. The molecule has 0 spiro atoms. The summed E-state index contributed by atoms with van der Waals surface area (Å²) in [5.41, 5.74) is 2.38. The number of likely N-dealkylation sites (N-methyl/N-ethyl adjacent to an activating group) is 1. The van der Waals surface area contributed by atoms with Crippen LogP contribution in [0.4, 0.5) is 27.9 Å². The molecule has 1 aromatic carbocycles. The van der Waals surface area contributed by atoms with Crippen molar-refractivity contribution in [2.45, 2.75) is 98.4 Å². The number of carbonyl (C=O) groups excluding carboxylic acids is 6. The van der Waals surface area contributed by atoms with Gasteiger partial charge in [0.25, 0.3) is 5.91 Å². The molecule has 1 saturated heterocycles. The standard InChI is InChI=1S/C42H57N11O6/c1-23(2)32(37(56)50(9)10)47-39(58)42(7,8)49-36(55)30-13-12-18-52(30)38(57)33(24(3)4)46-35(54)27-16-14-25(5)31(19-27)53-22-28-20-44-40(48-34(28)51(11)41(53)59)45-29-17-15-26(6)43-21-29/h14-17,19-21,23-24,30,32-33H,12-13,18,22H2,1-11H3,(H,46,54)(H,47,58)(H,49,55)(H,44,45,48)/t30-,32?,33?/m1/s1. The van der Waals surface area contributed by atoms with E-state index in [0.29, 0.717) is 48.1 Å². The molecule has 1 fully saturated rings. The van der Waals surface area contributed by atoms with Gasteiger partial charge >= 0.3 is 6.03 Å². The minimum absolute atomic E-state index is 0.160. The first-order valence-electron chi connectivity index (χ1n) is 19.9. The van der Waals surface area contributed by atoms with Crippen LogP contribution in [-0.2, 0) is 25.7 Å². The Labute approximate surface area is 345 Å². The van der Waals surface area contributed by atoms with Gasteiger partial charge in [0.05, 0.1) is 18.4 Å². The summed E-state index contributed by atoms with van der Waals surface area (Å²) < 4.78 is 0. The molecule has 2 unspecified atom stereocenters. The van der Waals surface area contributed by atoms with Crippen molar-refractivity contribution in [1.29, 1.82) is 0 Å². The number of hydrogen-bond donors (Lipinski definition) is 4. The molecular formula is C42H57N11O6. The molecule has 7 amide bonds. The molecule has 4 heterocycles. The molecule has 0 radical (unpaired) electrons. The smallest absolute Gasteiger partial charge is 0.330 e. The number of rotatable bonds is 13. The highest BCUT2D eigenvalue weighted by Gasteiger charge is 2.42. The normalized spacial score (nSPS) is 16.4. The summed E-state index contributed by atoms with van der Waals surface area (Å²) in [6.07, 6.45) is 4.26. The van der Waals surface area contributed by atoms with E-state index in [1.54, 1.807) is 70.5 Å². The lowest BCUT2D eigenvalue weighted by atomic mass is 9.98.